The van der Waals surface area contributed by atoms with Crippen LogP contribution in [0.5, 0.6) is 0 Å². The van der Waals surface area contributed by atoms with Crippen LogP contribution in [0.25, 0.3) is 0 Å². The molecule has 5 amide bonds. The first kappa shape index (κ1) is 29.9. The van der Waals surface area contributed by atoms with Crippen molar-refractivity contribution in [3.63, 3.8) is 0 Å². The van der Waals surface area contributed by atoms with E-state index in [0.717, 1.165) is 21.2 Å². The smallest absolute Gasteiger partial charge is 0.352 e. The van der Waals surface area contributed by atoms with Gasteiger partial charge in [0.15, 0.2) is 21.8 Å². The Labute approximate surface area is 246 Å². The summed E-state index contributed by atoms with van der Waals surface area (Å²) in [6.07, 6.45) is 0.614. The minimum atomic E-state index is -1.27. The largest absolute Gasteiger partial charge is 0.477 e. The molecule has 2 aliphatic rings. The Morgan fingerprint density at radius 1 is 1.29 bits per heavy atom. The van der Waals surface area contributed by atoms with Crippen LogP contribution in [0.4, 0.5) is 5.13 Å². The number of anilines is 1. The van der Waals surface area contributed by atoms with Gasteiger partial charge in [-0.2, -0.15) is 0 Å². The summed E-state index contributed by atoms with van der Waals surface area (Å²) < 4.78 is 0.673. The van der Waals surface area contributed by atoms with Gasteiger partial charge in [-0.25, -0.2) is 9.78 Å². The minimum absolute atomic E-state index is 0.0273. The number of hydrogen-bond donors (Lipinski definition) is 5. The lowest BCUT2D eigenvalue weighted by atomic mass is 10.0. The number of thioether (sulfide) groups is 2. The number of nitrogens with one attached hydrogen (secondary N) is 4. The van der Waals surface area contributed by atoms with Crippen molar-refractivity contribution in [1.82, 2.24) is 36.2 Å². The molecule has 1 saturated heterocycles. The topological polar surface area (TPSA) is 234 Å². The van der Waals surface area contributed by atoms with Gasteiger partial charge in [-0.3, -0.25) is 39.7 Å². The quantitative estimate of drug-likeness (QED) is 0.0542. The van der Waals surface area contributed by atoms with Crippen LogP contribution in [0.1, 0.15) is 10.7 Å². The molecule has 1 fully saturated rings. The number of carboxylic acids is 1. The molecule has 0 aromatic carbocycles. The third-order valence-electron chi connectivity index (χ3n) is 5.18. The Hall–Kier alpha value is -4.08. The third-order valence-corrected chi connectivity index (χ3v) is 9.35. The maximum absolute atomic E-state index is 13.2. The fraction of sp³-hybridized carbons (Fsp3) is 0.300. The highest BCUT2D eigenvalue weighted by atomic mass is 32.2. The highest BCUT2D eigenvalue weighted by Crippen LogP contribution is 2.41. The Morgan fingerprint density at radius 2 is 2.10 bits per heavy atom. The Balaban J connectivity index is 1.48. The molecule has 2 atom stereocenters. The number of carbonyl (C=O) groups is 6. The molecular weight excluding hydrogens is 623 g/mol. The van der Waals surface area contributed by atoms with Gasteiger partial charge < -0.3 is 20.6 Å². The summed E-state index contributed by atoms with van der Waals surface area (Å²) in [5.41, 5.74) is 3.86. The zero-order valence-electron chi connectivity index (χ0n) is 20.7. The summed E-state index contributed by atoms with van der Waals surface area (Å²) in [6.45, 7) is 1.12. The maximum Gasteiger partial charge on any atom is 0.352 e. The fourth-order valence-electron chi connectivity index (χ4n) is 3.49. The van der Waals surface area contributed by atoms with Gasteiger partial charge in [-0.05, 0) is 12.5 Å². The molecule has 4 rings (SSSR count). The number of amides is 5. The summed E-state index contributed by atoms with van der Waals surface area (Å²) >= 11 is 4.96. The Bertz CT molecular complexity index is 1440. The fourth-order valence-corrected chi connectivity index (χ4v) is 7.45. The number of fused-ring (bicyclic) bond motifs is 1. The van der Waals surface area contributed by atoms with Gasteiger partial charge >= 0.3 is 5.97 Å². The molecule has 0 bridgehead atoms. The standard InChI is InChI=1S/C20H19N9O8S4/c1-8-25-27-20(41-8)40-4-9-3-38-17-13(16(34)29(17)14(9)18(35)36)24-15(33)12(10-5-39-19(23-10)21-6-30)28-37-2-11(32)26-22-7-31/h5-7,13,17H,2-4H2,1H3,(H,22,31)(H,24,33)(H,26,32)(H,35,36)(H,21,23,30)/t13?,17-/m0/s1. The van der Waals surface area contributed by atoms with Crippen LogP contribution in [-0.4, -0.2) is 96.9 Å². The number of β-lactam (4-membered cyclic amide) rings is 1. The number of oxime groups is 1. The van der Waals surface area contributed by atoms with E-state index in [1.54, 1.807) is 6.92 Å². The molecule has 41 heavy (non-hydrogen) atoms. The second-order valence-corrected chi connectivity index (χ2v) is 12.2. The summed E-state index contributed by atoms with van der Waals surface area (Å²) in [5, 5.41) is 28.0. The lowest BCUT2D eigenvalue weighted by molar-refractivity contribution is -0.150. The average Bonchev–Trinajstić information content (AvgIpc) is 3.59. The summed E-state index contributed by atoms with van der Waals surface area (Å²) in [6, 6.07) is -1.08. The van der Waals surface area contributed by atoms with E-state index in [1.807, 2.05) is 10.9 Å². The van der Waals surface area contributed by atoms with E-state index in [0.29, 0.717) is 27.8 Å². The van der Waals surface area contributed by atoms with Crippen molar-refractivity contribution in [2.75, 3.05) is 23.4 Å². The molecule has 17 nitrogen and oxygen atoms in total. The van der Waals surface area contributed by atoms with Crippen LogP contribution in [0.15, 0.2) is 26.1 Å². The van der Waals surface area contributed by atoms with E-state index in [4.69, 9.17) is 4.84 Å². The number of rotatable bonds is 14. The number of aryl methyl sites for hydroxylation is 1. The number of aliphatic carboxylic acids is 1. The average molecular weight is 642 g/mol. The molecule has 216 valence electrons. The maximum atomic E-state index is 13.2. The van der Waals surface area contributed by atoms with E-state index in [-0.39, 0.29) is 22.9 Å². The van der Waals surface area contributed by atoms with Gasteiger partial charge in [0.25, 0.3) is 17.7 Å². The van der Waals surface area contributed by atoms with Gasteiger partial charge in [0.2, 0.25) is 12.8 Å². The van der Waals surface area contributed by atoms with Gasteiger partial charge in [0, 0.05) is 16.9 Å². The first-order valence-corrected chi connectivity index (χ1v) is 14.9. The number of aromatic nitrogens is 3. The van der Waals surface area contributed by atoms with Crippen molar-refractivity contribution in [3.8, 4) is 0 Å². The van der Waals surface area contributed by atoms with Crippen molar-refractivity contribution in [2.24, 2.45) is 5.16 Å². The molecule has 2 aromatic rings. The Kier molecular flexibility index (Phi) is 9.86. The number of nitrogens with zero attached hydrogens (tertiary/aromatic N) is 5. The second-order valence-electron chi connectivity index (χ2n) is 7.82. The first-order valence-electron chi connectivity index (χ1n) is 11.2. The van der Waals surface area contributed by atoms with Crippen LogP contribution < -0.4 is 21.5 Å². The summed E-state index contributed by atoms with van der Waals surface area (Å²) in [7, 11) is 0. The van der Waals surface area contributed by atoms with Gasteiger partial charge in [0.05, 0.1) is 0 Å². The molecular formula is C20H19N9O8S4. The number of carboxylic acid groups (broad SMARTS) is 1. The van der Waals surface area contributed by atoms with Crippen LogP contribution in [0.3, 0.4) is 0 Å². The zero-order valence-corrected chi connectivity index (χ0v) is 23.9. The molecule has 4 heterocycles. The zero-order chi connectivity index (χ0) is 29.5. The normalized spacial score (nSPS) is 18.1. The molecule has 1 unspecified atom stereocenters. The second kappa shape index (κ2) is 13.5. The van der Waals surface area contributed by atoms with E-state index in [1.165, 1.54) is 40.2 Å². The van der Waals surface area contributed by atoms with E-state index >= 15 is 0 Å². The molecule has 21 heteroatoms. The predicted molar refractivity (Wildman–Crippen MR) is 147 cm³/mol. The molecule has 0 spiro atoms. The van der Waals surface area contributed by atoms with Gasteiger partial charge in [-0.1, -0.05) is 28.3 Å². The lowest BCUT2D eigenvalue weighted by Gasteiger charge is -2.49. The molecule has 2 aromatic heterocycles. The third kappa shape index (κ3) is 6.99. The van der Waals surface area contributed by atoms with Crippen LogP contribution in [-0.2, 0) is 33.6 Å². The number of hydrogen-bond acceptors (Lipinski definition) is 15. The van der Waals surface area contributed by atoms with Crippen LogP contribution in [0, 0.1) is 6.92 Å². The van der Waals surface area contributed by atoms with Crippen molar-refractivity contribution in [2.45, 2.75) is 22.7 Å². The monoisotopic (exact) mass is 641 g/mol. The SMILES string of the molecule is Cc1nnc(SCC2=C(C(=O)O)N3C(=O)C(NC(=O)C(=NOCC(=O)NNC=O)c4csc(NC=O)n4)[C@@H]3SC2)s1. The van der Waals surface area contributed by atoms with Crippen molar-refractivity contribution >= 4 is 93.6 Å². The summed E-state index contributed by atoms with van der Waals surface area (Å²) in [4.78, 5) is 81.2. The predicted octanol–water partition coefficient (Wildman–Crippen LogP) is -1.10. The number of thiazole rings is 1. The molecule has 0 saturated carbocycles. The van der Waals surface area contributed by atoms with E-state index in [9.17, 15) is 33.9 Å². The highest BCUT2D eigenvalue weighted by molar-refractivity contribution is 8.01. The van der Waals surface area contributed by atoms with Crippen molar-refractivity contribution in [1.29, 1.82) is 0 Å². The lowest BCUT2D eigenvalue weighted by Crippen LogP contribution is -2.71. The molecule has 5 N–H and O–H groups in total. The Morgan fingerprint density at radius 3 is 2.78 bits per heavy atom. The number of hydrazine groups is 1. The van der Waals surface area contributed by atoms with E-state index < -0.39 is 47.4 Å². The van der Waals surface area contributed by atoms with Crippen LogP contribution >= 0.6 is 46.2 Å². The van der Waals surface area contributed by atoms with E-state index in [2.05, 4.69) is 31.0 Å². The number of carbonyl (C=O) groups excluding carboxylic acids is 5. The molecule has 0 radical (unpaired) electrons. The first-order chi connectivity index (χ1) is 19.7. The molecule has 2 aliphatic heterocycles. The van der Waals surface area contributed by atoms with Crippen molar-refractivity contribution in [3.05, 3.63) is 27.4 Å². The molecule has 0 aliphatic carbocycles. The van der Waals surface area contributed by atoms with Crippen molar-refractivity contribution < 1.29 is 38.7 Å². The minimum Gasteiger partial charge on any atom is -0.477 e. The van der Waals surface area contributed by atoms with Crippen LogP contribution in [0.2, 0.25) is 0 Å². The summed E-state index contributed by atoms with van der Waals surface area (Å²) in [5.74, 6) is -2.99. The van der Waals surface area contributed by atoms with Gasteiger partial charge in [-0.15, -0.1) is 33.3 Å². The highest BCUT2D eigenvalue weighted by Gasteiger charge is 2.54. The van der Waals surface area contributed by atoms with Gasteiger partial charge in [0.1, 0.15) is 27.8 Å².